The highest BCUT2D eigenvalue weighted by molar-refractivity contribution is 7.85. The van der Waals surface area contributed by atoms with Crippen LogP contribution in [-0.2, 0) is 10.1 Å². The third-order valence-electron chi connectivity index (χ3n) is 2.33. The molecule has 0 aliphatic rings. The van der Waals surface area contributed by atoms with Crippen molar-refractivity contribution < 1.29 is 32.8 Å². The highest BCUT2D eigenvalue weighted by atomic mass is 32.2. The first-order valence-electron chi connectivity index (χ1n) is 4.91. The summed E-state index contributed by atoms with van der Waals surface area (Å²) in [6.07, 6.45) is -1.22. The van der Waals surface area contributed by atoms with Gasteiger partial charge >= 0.3 is 0 Å². The highest BCUT2D eigenvalue weighted by Gasteiger charge is 2.27. The number of aliphatic hydroxyl groups is 3. The first-order valence-corrected chi connectivity index (χ1v) is 6.52. The Hall–Kier alpha value is -0.250. The molecule has 0 heterocycles. The lowest BCUT2D eigenvalue weighted by atomic mass is 10.3. The Morgan fingerprint density at radius 2 is 1.62 bits per heavy atom. The first kappa shape index (κ1) is 15.8. The van der Waals surface area contributed by atoms with Gasteiger partial charge in [-0.3, -0.25) is 4.55 Å². The van der Waals surface area contributed by atoms with Gasteiger partial charge in [-0.15, -0.1) is 0 Å². The molecule has 7 nitrogen and oxygen atoms in total. The molecule has 4 N–H and O–H groups in total. The third-order valence-corrected chi connectivity index (χ3v) is 3.14. The van der Waals surface area contributed by atoms with Gasteiger partial charge in [-0.25, -0.2) is 0 Å². The van der Waals surface area contributed by atoms with E-state index in [0.717, 1.165) is 0 Å². The normalized spacial score (nSPS) is 15.1. The van der Waals surface area contributed by atoms with E-state index in [2.05, 4.69) is 0 Å². The SMILES string of the molecule is C[N+](CCO)(CCO)CC(O)CS(=O)(=O)O. The predicted octanol–water partition coefficient (Wildman–Crippen LogP) is -2.33. The van der Waals surface area contributed by atoms with E-state index in [0.29, 0.717) is 13.1 Å². The van der Waals surface area contributed by atoms with Crippen LogP contribution in [0.5, 0.6) is 0 Å². The van der Waals surface area contributed by atoms with Gasteiger partial charge in [0.25, 0.3) is 10.1 Å². The summed E-state index contributed by atoms with van der Waals surface area (Å²) in [6.45, 7) is 0.372. The summed E-state index contributed by atoms with van der Waals surface area (Å²) >= 11 is 0. The number of hydrogen-bond donors (Lipinski definition) is 4. The summed E-state index contributed by atoms with van der Waals surface area (Å²) in [7, 11) is -2.53. The van der Waals surface area contributed by atoms with E-state index >= 15 is 0 Å². The van der Waals surface area contributed by atoms with Gasteiger partial charge in [0.05, 0.1) is 20.3 Å². The van der Waals surface area contributed by atoms with Crippen molar-refractivity contribution in [2.75, 3.05) is 45.6 Å². The molecule has 0 aliphatic heterocycles. The molecule has 0 rings (SSSR count). The van der Waals surface area contributed by atoms with Crippen LogP contribution in [0.1, 0.15) is 0 Å². The Kier molecular flexibility index (Phi) is 6.38. The Bertz CT molecular complexity index is 285. The van der Waals surface area contributed by atoms with Crippen LogP contribution in [0.2, 0.25) is 0 Å². The fraction of sp³-hybridized carbons (Fsp3) is 1.00. The van der Waals surface area contributed by atoms with Crippen molar-refractivity contribution in [1.82, 2.24) is 0 Å². The minimum absolute atomic E-state index is 0.0426. The standard InChI is InChI=1S/C8H19NO6S/c1-9(2-4-10,3-5-11)6-8(12)7-16(13,14)15/h8,10-12H,2-7H2,1H3/p+1. The zero-order valence-corrected chi connectivity index (χ0v) is 10.1. The number of nitrogens with zero attached hydrogens (tertiary/aromatic N) is 1. The minimum Gasteiger partial charge on any atom is -0.391 e. The lowest BCUT2D eigenvalue weighted by molar-refractivity contribution is -0.912. The van der Waals surface area contributed by atoms with E-state index in [1.165, 1.54) is 0 Å². The smallest absolute Gasteiger partial charge is 0.267 e. The van der Waals surface area contributed by atoms with Gasteiger partial charge in [0, 0.05) is 0 Å². The maximum Gasteiger partial charge on any atom is 0.267 e. The second-order valence-corrected chi connectivity index (χ2v) is 5.60. The molecule has 0 aliphatic carbocycles. The molecule has 8 heteroatoms. The van der Waals surface area contributed by atoms with Crippen LogP contribution in [0, 0.1) is 0 Å². The second-order valence-electron chi connectivity index (χ2n) is 4.10. The van der Waals surface area contributed by atoms with Crippen LogP contribution >= 0.6 is 0 Å². The average molecular weight is 258 g/mol. The maximum absolute atomic E-state index is 10.5. The number of aliphatic hydroxyl groups excluding tert-OH is 3. The summed E-state index contributed by atoms with van der Waals surface area (Å²) in [4.78, 5) is 0. The van der Waals surface area contributed by atoms with Crippen LogP contribution in [0.15, 0.2) is 0 Å². The van der Waals surface area contributed by atoms with E-state index in [-0.39, 0.29) is 24.2 Å². The van der Waals surface area contributed by atoms with Gasteiger partial charge in [0.1, 0.15) is 31.5 Å². The van der Waals surface area contributed by atoms with E-state index in [4.69, 9.17) is 14.8 Å². The number of likely N-dealkylation sites (N-methyl/N-ethyl adjacent to an activating group) is 1. The number of quaternary nitrogens is 1. The zero-order valence-electron chi connectivity index (χ0n) is 9.28. The quantitative estimate of drug-likeness (QED) is 0.287. The topological polar surface area (TPSA) is 115 Å². The molecule has 1 atom stereocenters. The molecule has 0 aromatic rings. The Morgan fingerprint density at radius 3 is 1.94 bits per heavy atom. The summed E-state index contributed by atoms with van der Waals surface area (Å²) in [5.74, 6) is -0.738. The Morgan fingerprint density at radius 1 is 1.19 bits per heavy atom. The maximum atomic E-state index is 10.5. The lowest BCUT2D eigenvalue weighted by Crippen LogP contribution is -2.53. The summed E-state index contributed by atoms with van der Waals surface area (Å²) in [6, 6.07) is 0. The van der Waals surface area contributed by atoms with Crippen LogP contribution < -0.4 is 0 Å². The van der Waals surface area contributed by atoms with Crippen molar-refractivity contribution in [3.8, 4) is 0 Å². The molecule has 0 aromatic heterocycles. The van der Waals surface area contributed by atoms with Crippen molar-refractivity contribution in [2.24, 2.45) is 0 Å². The molecular weight excluding hydrogens is 238 g/mol. The molecule has 0 saturated carbocycles. The Labute approximate surface area is 95.3 Å². The summed E-state index contributed by atoms with van der Waals surface area (Å²) in [5, 5.41) is 27.1. The monoisotopic (exact) mass is 258 g/mol. The van der Waals surface area contributed by atoms with E-state index < -0.39 is 22.0 Å². The van der Waals surface area contributed by atoms with Gasteiger partial charge < -0.3 is 19.8 Å². The molecule has 98 valence electrons. The van der Waals surface area contributed by atoms with Crippen molar-refractivity contribution in [3.05, 3.63) is 0 Å². The molecule has 0 aromatic carbocycles. The van der Waals surface area contributed by atoms with E-state index in [9.17, 15) is 13.5 Å². The molecule has 0 spiro atoms. The highest BCUT2D eigenvalue weighted by Crippen LogP contribution is 2.05. The zero-order chi connectivity index (χ0) is 12.8. The fourth-order valence-electron chi connectivity index (χ4n) is 1.58. The van der Waals surface area contributed by atoms with E-state index in [1.54, 1.807) is 7.05 Å². The molecule has 0 saturated heterocycles. The predicted molar refractivity (Wildman–Crippen MR) is 57.4 cm³/mol. The van der Waals surface area contributed by atoms with Gasteiger partial charge in [-0.2, -0.15) is 8.42 Å². The molecule has 0 fully saturated rings. The van der Waals surface area contributed by atoms with Gasteiger partial charge in [-0.1, -0.05) is 0 Å². The van der Waals surface area contributed by atoms with E-state index in [1.807, 2.05) is 0 Å². The first-order chi connectivity index (χ1) is 7.22. The van der Waals surface area contributed by atoms with Crippen LogP contribution in [0.4, 0.5) is 0 Å². The molecule has 16 heavy (non-hydrogen) atoms. The molecule has 0 radical (unpaired) electrons. The lowest BCUT2D eigenvalue weighted by Gasteiger charge is -2.34. The third kappa shape index (κ3) is 7.09. The van der Waals surface area contributed by atoms with Crippen LogP contribution in [0.3, 0.4) is 0 Å². The molecule has 0 amide bonds. The minimum atomic E-state index is -4.21. The Balaban J connectivity index is 4.39. The van der Waals surface area contributed by atoms with Crippen molar-refractivity contribution in [2.45, 2.75) is 6.10 Å². The number of hydrogen-bond acceptors (Lipinski definition) is 5. The van der Waals surface area contributed by atoms with Crippen LogP contribution in [0.25, 0.3) is 0 Å². The molecular formula is C8H20NO6S+. The van der Waals surface area contributed by atoms with Crippen molar-refractivity contribution in [3.63, 3.8) is 0 Å². The van der Waals surface area contributed by atoms with Crippen molar-refractivity contribution in [1.29, 1.82) is 0 Å². The van der Waals surface area contributed by atoms with Gasteiger partial charge in [-0.05, 0) is 0 Å². The van der Waals surface area contributed by atoms with Crippen molar-refractivity contribution >= 4 is 10.1 Å². The second kappa shape index (κ2) is 6.48. The fourth-order valence-corrected chi connectivity index (χ4v) is 2.17. The number of rotatable bonds is 8. The van der Waals surface area contributed by atoms with Crippen LogP contribution in [-0.4, -0.2) is 84.5 Å². The summed E-state index contributed by atoms with van der Waals surface area (Å²) < 4.78 is 29.8. The largest absolute Gasteiger partial charge is 0.391 e. The summed E-state index contributed by atoms with van der Waals surface area (Å²) in [5.41, 5.74) is 0. The molecule has 1 unspecified atom stereocenters. The van der Waals surface area contributed by atoms with Gasteiger partial charge in [0.2, 0.25) is 0 Å². The molecule has 0 bridgehead atoms. The average Bonchev–Trinajstić information content (AvgIpc) is 1.99. The van der Waals surface area contributed by atoms with Gasteiger partial charge in [0.15, 0.2) is 0 Å².